The second-order valence-corrected chi connectivity index (χ2v) is 6.36. The summed E-state index contributed by atoms with van der Waals surface area (Å²) < 4.78 is 7.90. The van der Waals surface area contributed by atoms with Crippen molar-refractivity contribution in [2.24, 2.45) is 0 Å². The summed E-state index contributed by atoms with van der Waals surface area (Å²) in [5.41, 5.74) is 3.22. The molecule has 0 radical (unpaired) electrons. The summed E-state index contributed by atoms with van der Waals surface area (Å²) in [4.78, 5) is 4.53. The first kappa shape index (κ1) is 16.5. The molecule has 1 heterocycles. The smallest absolute Gasteiger partial charge is 0.138 e. The maximum absolute atomic E-state index is 9.98. The van der Waals surface area contributed by atoms with Gasteiger partial charge < -0.3 is 14.4 Å². The zero-order valence-corrected chi connectivity index (χ0v) is 14.4. The number of aliphatic hydroxyl groups is 1. The number of hydrogen-bond donors (Lipinski definition) is 1. The number of aromatic nitrogens is 2. The van der Waals surface area contributed by atoms with Gasteiger partial charge in [-0.05, 0) is 42.7 Å². The maximum atomic E-state index is 9.98. The molecule has 24 heavy (non-hydrogen) atoms. The minimum Gasteiger partial charge on any atom is -0.492 e. The lowest BCUT2D eigenvalue weighted by molar-refractivity contribution is 0.181. The molecule has 4 heteroatoms. The SMILES string of the molecule is CC(C)c1ccc(OCCn2c(C(C)O)nc3ccccc32)cc1. The number of fused-ring (bicyclic) bond motifs is 1. The molecule has 0 fully saturated rings. The van der Waals surface area contributed by atoms with Crippen LogP contribution in [0.25, 0.3) is 11.0 Å². The molecule has 0 aliphatic heterocycles. The Labute approximate surface area is 142 Å². The Morgan fingerprint density at radius 3 is 2.42 bits per heavy atom. The van der Waals surface area contributed by atoms with E-state index in [1.807, 2.05) is 41.0 Å². The summed E-state index contributed by atoms with van der Waals surface area (Å²) in [6.07, 6.45) is -0.609. The van der Waals surface area contributed by atoms with Crippen LogP contribution in [0.3, 0.4) is 0 Å². The first-order valence-corrected chi connectivity index (χ1v) is 8.42. The second kappa shape index (κ2) is 7.05. The Balaban J connectivity index is 1.72. The highest BCUT2D eigenvalue weighted by Gasteiger charge is 2.14. The molecule has 0 saturated carbocycles. The van der Waals surface area contributed by atoms with Crippen LogP contribution in [0.4, 0.5) is 0 Å². The third-order valence-electron chi connectivity index (χ3n) is 4.19. The van der Waals surface area contributed by atoms with E-state index in [2.05, 4.69) is 31.0 Å². The zero-order chi connectivity index (χ0) is 17.1. The fourth-order valence-corrected chi connectivity index (χ4v) is 2.85. The van der Waals surface area contributed by atoms with Gasteiger partial charge in [-0.25, -0.2) is 4.98 Å². The lowest BCUT2D eigenvalue weighted by Crippen LogP contribution is -2.12. The highest BCUT2D eigenvalue weighted by Crippen LogP contribution is 2.21. The van der Waals surface area contributed by atoms with Crippen molar-refractivity contribution in [1.82, 2.24) is 9.55 Å². The van der Waals surface area contributed by atoms with Gasteiger partial charge in [-0.2, -0.15) is 0 Å². The molecular formula is C20H24N2O2. The molecule has 0 aliphatic carbocycles. The van der Waals surface area contributed by atoms with E-state index in [9.17, 15) is 5.11 Å². The van der Waals surface area contributed by atoms with Crippen LogP contribution in [-0.4, -0.2) is 21.3 Å². The molecule has 1 N–H and O–H groups in total. The third kappa shape index (κ3) is 3.44. The lowest BCUT2D eigenvalue weighted by atomic mass is 10.0. The largest absolute Gasteiger partial charge is 0.492 e. The van der Waals surface area contributed by atoms with E-state index in [0.717, 1.165) is 16.8 Å². The summed E-state index contributed by atoms with van der Waals surface area (Å²) in [6, 6.07) is 16.2. The van der Waals surface area contributed by atoms with Crippen molar-refractivity contribution in [3.05, 3.63) is 59.9 Å². The molecule has 0 spiro atoms. The third-order valence-corrected chi connectivity index (χ3v) is 4.19. The van der Waals surface area contributed by atoms with Crippen LogP contribution >= 0.6 is 0 Å². The topological polar surface area (TPSA) is 47.3 Å². The minimum absolute atomic E-state index is 0.518. The van der Waals surface area contributed by atoms with Crippen molar-refractivity contribution in [3.8, 4) is 5.75 Å². The standard InChI is InChI=1S/C20H24N2O2/c1-14(2)16-8-10-17(11-9-16)24-13-12-22-19-7-5-4-6-18(19)21-20(22)15(3)23/h4-11,14-15,23H,12-13H2,1-3H3. The first-order chi connectivity index (χ1) is 11.6. The van der Waals surface area contributed by atoms with E-state index in [0.29, 0.717) is 24.9 Å². The number of benzene rings is 2. The highest BCUT2D eigenvalue weighted by molar-refractivity contribution is 5.76. The first-order valence-electron chi connectivity index (χ1n) is 8.42. The number of aliphatic hydroxyl groups excluding tert-OH is 1. The number of rotatable bonds is 6. The molecule has 0 bridgehead atoms. The highest BCUT2D eigenvalue weighted by atomic mass is 16.5. The van der Waals surface area contributed by atoms with Gasteiger partial charge in [0.25, 0.3) is 0 Å². The Kier molecular flexibility index (Phi) is 4.86. The molecule has 0 saturated heterocycles. The van der Waals surface area contributed by atoms with E-state index in [1.165, 1.54) is 5.56 Å². The van der Waals surface area contributed by atoms with E-state index in [1.54, 1.807) is 6.92 Å². The number of ether oxygens (including phenoxy) is 1. The fourth-order valence-electron chi connectivity index (χ4n) is 2.85. The normalized spacial score (nSPS) is 12.7. The van der Waals surface area contributed by atoms with Gasteiger partial charge in [-0.3, -0.25) is 0 Å². The molecule has 0 amide bonds. The molecule has 4 nitrogen and oxygen atoms in total. The van der Waals surface area contributed by atoms with Crippen LogP contribution in [0.2, 0.25) is 0 Å². The van der Waals surface area contributed by atoms with Crippen LogP contribution in [0, 0.1) is 0 Å². The van der Waals surface area contributed by atoms with Gasteiger partial charge >= 0.3 is 0 Å². The number of para-hydroxylation sites is 2. The van der Waals surface area contributed by atoms with Crippen molar-refractivity contribution in [2.75, 3.05) is 6.61 Å². The van der Waals surface area contributed by atoms with Crippen LogP contribution in [0.15, 0.2) is 48.5 Å². The average Bonchev–Trinajstić information content (AvgIpc) is 2.94. The van der Waals surface area contributed by atoms with Crippen molar-refractivity contribution < 1.29 is 9.84 Å². The van der Waals surface area contributed by atoms with Crippen LogP contribution in [0.5, 0.6) is 5.75 Å². The Morgan fingerprint density at radius 2 is 1.75 bits per heavy atom. The quantitative estimate of drug-likeness (QED) is 0.735. The van der Waals surface area contributed by atoms with E-state index in [4.69, 9.17) is 4.74 Å². The van der Waals surface area contributed by atoms with Gasteiger partial charge in [0.1, 0.15) is 24.3 Å². The van der Waals surface area contributed by atoms with Crippen LogP contribution < -0.4 is 4.74 Å². The number of imidazole rings is 1. The number of hydrogen-bond acceptors (Lipinski definition) is 3. The Bertz CT molecular complexity index is 804. The molecule has 1 aromatic heterocycles. The molecular weight excluding hydrogens is 300 g/mol. The van der Waals surface area contributed by atoms with Crippen molar-refractivity contribution >= 4 is 11.0 Å². The Hall–Kier alpha value is -2.33. The van der Waals surface area contributed by atoms with E-state index >= 15 is 0 Å². The van der Waals surface area contributed by atoms with Gasteiger partial charge in [0, 0.05) is 0 Å². The summed E-state index contributed by atoms with van der Waals surface area (Å²) in [6.45, 7) is 7.27. The predicted molar refractivity (Wildman–Crippen MR) is 96.4 cm³/mol. The minimum atomic E-state index is -0.609. The molecule has 2 aromatic carbocycles. The van der Waals surface area contributed by atoms with Crippen LogP contribution in [-0.2, 0) is 6.54 Å². The maximum Gasteiger partial charge on any atom is 0.138 e. The zero-order valence-electron chi connectivity index (χ0n) is 14.4. The van der Waals surface area contributed by atoms with Crippen molar-refractivity contribution in [3.63, 3.8) is 0 Å². The summed E-state index contributed by atoms with van der Waals surface area (Å²) in [5, 5.41) is 9.98. The monoisotopic (exact) mass is 324 g/mol. The molecule has 0 aliphatic rings. The molecule has 3 rings (SSSR count). The Morgan fingerprint density at radius 1 is 1.04 bits per heavy atom. The predicted octanol–water partition coefficient (Wildman–Crippen LogP) is 4.29. The second-order valence-electron chi connectivity index (χ2n) is 6.36. The fraction of sp³-hybridized carbons (Fsp3) is 0.350. The van der Waals surface area contributed by atoms with Gasteiger partial charge in [0.2, 0.25) is 0 Å². The lowest BCUT2D eigenvalue weighted by Gasteiger charge is -2.13. The molecule has 126 valence electrons. The summed E-state index contributed by atoms with van der Waals surface area (Å²) in [7, 11) is 0. The van der Waals surface area contributed by atoms with Gasteiger partial charge in [-0.15, -0.1) is 0 Å². The van der Waals surface area contributed by atoms with Gasteiger partial charge in [-0.1, -0.05) is 38.1 Å². The van der Waals surface area contributed by atoms with E-state index in [-0.39, 0.29) is 0 Å². The van der Waals surface area contributed by atoms with Gasteiger partial charge in [0.05, 0.1) is 17.6 Å². The molecule has 1 unspecified atom stereocenters. The molecule has 3 aromatic rings. The summed E-state index contributed by atoms with van der Waals surface area (Å²) in [5.74, 6) is 2.06. The number of nitrogens with zero attached hydrogens (tertiary/aromatic N) is 2. The van der Waals surface area contributed by atoms with Gasteiger partial charge in [0.15, 0.2) is 0 Å². The summed E-state index contributed by atoms with van der Waals surface area (Å²) >= 11 is 0. The van der Waals surface area contributed by atoms with Crippen LogP contribution in [0.1, 0.15) is 44.2 Å². The average molecular weight is 324 g/mol. The van der Waals surface area contributed by atoms with E-state index < -0.39 is 6.10 Å². The van der Waals surface area contributed by atoms with Crippen molar-refractivity contribution in [1.29, 1.82) is 0 Å². The molecule has 1 atom stereocenters. The van der Waals surface area contributed by atoms with Crippen molar-refractivity contribution in [2.45, 2.75) is 39.3 Å².